The minimum Gasteiger partial charge on any atom is -0.504 e. The quantitative estimate of drug-likeness (QED) is 0.471. The molecule has 1 atom stereocenters. The zero-order chi connectivity index (χ0) is 25.9. The number of phenolic OH excluding ortho intramolecular Hbond substituents is 1. The second kappa shape index (κ2) is 8.30. The molecule has 9 heteroatoms. The molecule has 36 heavy (non-hydrogen) atoms. The van der Waals surface area contributed by atoms with Crippen LogP contribution in [0.4, 0.5) is 0 Å². The molecule has 0 fully saturated rings. The summed E-state index contributed by atoms with van der Waals surface area (Å²) in [5, 5.41) is 10.9. The first kappa shape index (κ1) is 23.7. The molecule has 0 radical (unpaired) electrons. The second-order valence-corrected chi connectivity index (χ2v) is 9.66. The summed E-state index contributed by atoms with van der Waals surface area (Å²) in [5.74, 6) is 1.02. The van der Waals surface area contributed by atoms with Gasteiger partial charge in [-0.3, -0.25) is 13.9 Å². The Balaban J connectivity index is 1.94. The van der Waals surface area contributed by atoms with E-state index in [2.05, 4.69) is 4.57 Å². The second-order valence-electron chi connectivity index (χ2n) is 9.66. The third-order valence-corrected chi connectivity index (χ3v) is 6.93. The van der Waals surface area contributed by atoms with Gasteiger partial charge in [0.2, 0.25) is 0 Å². The van der Waals surface area contributed by atoms with Gasteiger partial charge in [-0.2, -0.15) is 0 Å². The average molecular weight is 492 g/mol. The molecule has 9 nitrogen and oxygen atoms in total. The van der Waals surface area contributed by atoms with Gasteiger partial charge in [-0.25, -0.2) is 4.79 Å². The Morgan fingerprint density at radius 3 is 2.31 bits per heavy atom. The number of fused-ring (bicyclic) bond motifs is 3. The Bertz CT molecular complexity index is 1610. The van der Waals surface area contributed by atoms with Crippen LogP contribution in [0.3, 0.4) is 0 Å². The predicted molar refractivity (Wildman–Crippen MR) is 136 cm³/mol. The Hall–Kier alpha value is -3.98. The SMILES string of the molecule is COc1ccc(-c2c3c(=O)n(C)c(=O)n(C)c3c3n2C(C)(C)CO[C@@H]3c2ccc(OC)c(O)c2)cc1. The lowest BCUT2D eigenvalue weighted by Gasteiger charge is -2.39. The van der Waals surface area contributed by atoms with E-state index in [4.69, 9.17) is 14.2 Å². The Morgan fingerprint density at radius 1 is 1.00 bits per heavy atom. The number of phenols is 1. The molecule has 0 saturated heterocycles. The molecule has 0 bridgehead atoms. The number of ether oxygens (including phenoxy) is 3. The van der Waals surface area contributed by atoms with E-state index in [9.17, 15) is 14.7 Å². The summed E-state index contributed by atoms with van der Waals surface area (Å²) < 4.78 is 21.7. The van der Waals surface area contributed by atoms with E-state index in [1.54, 1.807) is 26.3 Å². The molecule has 2 aromatic carbocycles. The topological polar surface area (TPSA) is 96.9 Å². The summed E-state index contributed by atoms with van der Waals surface area (Å²) >= 11 is 0. The third kappa shape index (κ3) is 3.34. The van der Waals surface area contributed by atoms with Crippen molar-refractivity contribution in [3.63, 3.8) is 0 Å². The largest absolute Gasteiger partial charge is 0.504 e. The van der Waals surface area contributed by atoms with Crippen molar-refractivity contribution in [1.29, 1.82) is 0 Å². The van der Waals surface area contributed by atoms with Crippen LogP contribution in [0.2, 0.25) is 0 Å². The smallest absolute Gasteiger partial charge is 0.331 e. The van der Waals surface area contributed by atoms with Crippen molar-refractivity contribution in [3.05, 3.63) is 74.6 Å². The molecule has 2 aromatic heterocycles. The summed E-state index contributed by atoms with van der Waals surface area (Å²) in [6.07, 6.45) is -0.637. The molecule has 1 N–H and O–H groups in total. The highest BCUT2D eigenvalue weighted by Gasteiger charge is 2.40. The van der Waals surface area contributed by atoms with Gasteiger partial charge in [0.15, 0.2) is 11.5 Å². The van der Waals surface area contributed by atoms with Crippen molar-refractivity contribution in [2.24, 2.45) is 14.1 Å². The maximum atomic E-state index is 13.6. The van der Waals surface area contributed by atoms with E-state index in [0.29, 0.717) is 46.0 Å². The van der Waals surface area contributed by atoms with E-state index in [1.165, 1.54) is 18.7 Å². The highest BCUT2D eigenvalue weighted by atomic mass is 16.5. The van der Waals surface area contributed by atoms with Crippen molar-refractivity contribution in [1.82, 2.24) is 13.7 Å². The summed E-state index contributed by atoms with van der Waals surface area (Å²) in [4.78, 5) is 26.7. The number of methoxy groups -OCH3 is 2. The van der Waals surface area contributed by atoms with Crippen LogP contribution in [0.25, 0.3) is 22.2 Å². The van der Waals surface area contributed by atoms with Crippen LogP contribution in [0.15, 0.2) is 52.1 Å². The maximum Gasteiger partial charge on any atom is 0.331 e. The molecule has 0 spiro atoms. The van der Waals surface area contributed by atoms with Gasteiger partial charge in [0.05, 0.1) is 48.7 Å². The fourth-order valence-corrected chi connectivity index (χ4v) is 5.14. The number of benzene rings is 2. The molecule has 188 valence electrons. The molecule has 0 amide bonds. The highest BCUT2D eigenvalue weighted by Crippen LogP contribution is 2.46. The molecule has 1 aliphatic heterocycles. The van der Waals surface area contributed by atoms with Crippen LogP contribution < -0.4 is 20.7 Å². The van der Waals surface area contributed by atoms with Crippen LogP contribution >= 0.6 is 0 Å². The molecular weight excluding hydrogens is 462 g/mol. The molecule has 0 saturated carbocycles. The van der Waals surface area contributed by atoms with E-state index in [1.807, 2.05) is 44.2 Å². The van der Waals surface area contributed by atoms with Gasteiger partial charge in [-0.15, -0.1) is 0 Å². The van der Waals surface area contributed by atoms with E-state index in [-0.39, 0.29) is 11.3 Å². The van der Waals surface area contributed by atoms with Crippen LogP contribution in [0, 0.1) is 0 Å². The fourth-order valence-electron chi connectivity index (χ4n) is 5.14. The minimum absolute atomic E-state index is 0.0222. The van der Waals surface area contributed by atoms with E-state index >= 15 is 0 Å². The van der Waals surface area contributed by atoms with Crippen LogP contribution in [-0.4, -0.2) is 39.6 Å². The number of hydrogen-bond donors (Lipinski definition) is 1. The first-order chi connectivity index (χ1) is 17.1. The normalized spacial score (nSPS) is 16.7. The lowest BCUT2D eigenvalue weighted by Crippen LogP contribution is -2.40. The number of aryl methyl sites for hydroxylation is 1. The first-order valence-electron chi connectivity index (χ1n) is 11.6. The van der Waals surface area contributed by atoms with Gasteiger partial charge in [0, 0.05) is 14.1 Å². The van der Waals surface area contributed by atoms with E-state index < -0.39 is 17.3 Å². The Kier molecular flexibility index (Phi) is 5.48. The van der Waals surface area contributed by atoms with Gasteiger partial charge < -0.3 is 23.9 Å². The van der Waals surface area contributed by atoms with Crippen molar-refractivity contribution in [3.8, 4) is 28.5 Å². The van der Waals surface area contributed by atoms with Gasteiger partial charge in [-0.1, -0.05) is 6.07 Å². The third-order valence-electron chi connectivity index (χ3n) is 6.93. The molecule has 4 aromatic rings. The number of nitrogens with zero attached hydrogens (tertiary/aromatic N) is 3. The molecular formula is C27H29N3O6. The highest BCUT2D eigenvalue weighted by molar-refractivity contribution is 5.97. The lowest BCUT2D eigenvalue weighted by molar-refractivity contribution is -0.00716. The van der Waals surface area contributed by atoms with Gasteiger partial charge in [0.1, 0.15) is 11.9 Å². The summed E-state index contributed by atoms with van der Waals surface area (Å²) in [5.41, 5.74) is 2.02. The summed E-state index contributed by atoms with van der Waals surface area (Å²) in [6.45, 7) is 4.41. The summed E-state index contributed by atoms with van der Waals surface area (Å²) in [6, 6.07) is 12.6. The van der Waals surface area contributed by atoms with Crippen molar-refractivity contribution in [2.75, 3.05) is 20.8 Å². The maximum absolute atomic E-state index is 13.6. The average Bonchev–Trinajstić information content (AvgIpc) is 3.24. The molecule has 1 aliphatic rings. The zero-order valence-corrected chi connectivity index (χ0v) is 21.2. The molecule has 0 aliphatic carbocycles. The Labute approximate surface area is 207 Å². The number of aromatic hydroxyl groups is 1. The minimum atomic E-state index is -0.637. The van der Waals surface area contributed by atoms with Crippen molar-refractivity contribution < 1.29 is 19.3 Å². The van der Waals surface area contributed by atoms with Crippen molar-refractivity contribution >= 4 is 10.9 Å². The Morgan fingerprint density at radius 2 is 1.69 bits per heavy atom. The monoisotopic (exact) mass is 491 g/mol. The molecule has 0 unspecified atom stereocenters. The van der Waals surface area contributed by atoms with Crippen molar-refractivity contribution in [2.45, 2.75) is 25.5 Å². The van der Waals surface area contributed by atoms with Gasteiger partial charge in [-0.05, 0) is 61.4 Å². The zero-order valence-electron chi connectivity index (χ0n) is 21.2. The standard InChI is InChI=1S/C27H29N3O6/c1-27(2)14-36-24(16-9-12-19(35-6)18(31)13-16)23-22-20(25(32)29(4)26(33)28(22)3)21(30(23)27)15-7-10-17(34-5)11-8-15/h7-13,24,31H,14H2,1-6H3/t24-/m1/s1. The van der Waals surface area contributed by atoms with Gasteiger partial charge >= 0.3 is 5.69 Å². The van der Waals surface area contributed by atoms with Gasteiger partial charge in [0.25, 0.3) is 5.56 Å². The summed E-state index contributed by atoms with van der Waals surface area (Å²) in [7, 11) is 6.23. The van der Waals surface area contributed by atoms with E-state index in [0.717, 1.165) is 10.1 Å². The lowest BCUT2D eigenvalue weighted by atomic mass is 9.97. The number of aromatic nitrogens is 3. The fraction of sp³-hybridized carbons (Fsp3) is 0.333. The molecule has 3 heterocycles. The molecule has 5 rings (SSSR count). The van der Waals surface area contributed by atoms with Crippen LogP contribution in [-0.2, 0) is 24.4 Å². The predicted octanol–water partition coefficient (Wildman–Crippen LogP) is 3.28. The number of hydrogen-bond acceptors (Lipinski definition) is 6. The van der Waals surface area contributed by atoms with Crippen LogP contribution in [0.1, 0.15) is 31.2 Å². The number of rotatable bonds is 4. The first-order valence-corrected chi connectivity index (χ1v) is 11.6. The van der Waals surface area contributed by atoms with Crippen LogP contribution in [0.5, 0.6) is 17.2 Å².